The highest BCUT2D eigenvalue weighted by Gasteiger charge is 2.48. The van der Waals surface area contributed by atoms with Crippen molar-refractivity contribution < 1.29 is 23.1 Å². The maximum Gasteiger partial charge on any atom is 0.308 e. The molecule has 0 radical (unpaired) electrons. The van der Waals surface area contributed by atoms with Gasteiger partial charge in [0.05, 0.1) is 18.3 Å². The molecule has 7 heteroatoms. The smallest absolute Gasteiger partial charge is 0.308 e. The lowest BCUT2D eigenvalue weighted by atomic mass is 9.76. The summed E-state index contributed by atoms with van der Waals surface area (Å²) in [5.41, 5.74) is 5.56. The van der Waals surface area contributed by atoms with E-state index in [0.29, 0.717) is 29.9 Å². The summed E-state index contributed by atoms with van der Waals surface area (Å²) < 4.78 is 28.5. The van der Waals surface area contributed by atoms with Crippen molar-refractivity contribution in [3.8, 4) is 11.5 Å². The maximum absolute atomic E-state index is 12.8. The van der Waals surface area contributed by atoms with Gasteiger partial charge in [0.25, 0.3) is 0 Å². The molecule has 5 nitrogen and oxygen atoms in total. The van der Waals surface area contributed by atoms with Crippen molar-refractivity contribution in [2.45, 2.75) is 184 Å². The third-order valence-corrected chi connectivity index (χ3v) is 22.0. The molecular formula is C44H76O5Si2. The van der Waals surface area contributed by atoms with E-state index >= 15 is 0 Å². The highest BCUT2D eigenvalue weighted by atomic mass is 28.4. The monoisotopic (exact) mass is 741 g/mol. The Morgan fingerprint density at radius 1 is 0.980 bits per heavy atom. The van der Waals surface area contributed by atoms with Gasteiger partial charge in [-0.25, -0.2) is 0 Å². The third kappa shape index (κ3) is 10.5. The number of hydrogen-bond donors (Lipinski definition) is 0. The first-order chi connectivity index (χ1) is 23.6. The van der Waals surface area contributed by atoms with Crippen LogP contribution >= 0.6 is 0 Å². The second kappa shape index (κ2) is 17.6. The number of benzene rings is 1. The number of esters is 1. The van der Waals surface area contributed by atoms with Crippen LogP contribution in [0.1, 0.15) is 138 Å². The normalized spacial score (nSPS) is 29.9. The van der Waals surface area contributed by atoms with Crippen LogP contribution in [0.3, 0.4) is 0 Å². The second-order valence-corrected chi connectivity index (χ2v) is 27.8. The van der Waals surface area contributed by atoms with Crippen LogP contribution in [0.25, 0.3) is 0 Å². The molecule has 1 aromatic carbocycles. The van der Waals surface area contributed by atoms with Gasteiger partial charge in [0.2, 0.25) is 8.32 Å². The number of aryl methyl sites for hydroxylation is 1. The standard InChI is InChI=1S/C44H76O5Si2/c1-18-51(19-2,20-3)49-42-34(10)38-22-21-28(4)23-29(5)24-30(6)25-31(7)32(8)26-37-40(43(47-38)35(42)11)39(48-50(16,17)44(13,14)15)27-33(9)41(37)46-36(12)45/h23,27-28,30-31,34-35,38,42-43H,8,18-22,24-26H2,1-7,9-17H3/b29-23+/t28-,30+,31-,34-,35+,38+,42-,43+/m0/s1. The summed E-state index contributed by atoms with van der Waals surface area (Å²) in [5.74, 6) is 2.79. The van der Waals surface area contributed by atoms with E-state index < -0.39 is 16.6 Å². The van der Waals surface area contributed by atoms with Gasteiger partial charge >= 0.3 is 5.97 Å². The summed E-state index contributed by atoms with van der Waals surface area (Å²) in [6.45, 7) is 40.8. The van der Waals surface area contributed by atoms with Crippen molar-refractivity contribution in [1.82, 2.24) is 0 Å². The Kier molecular flexibility index (Phi) is 15.1. The number of allylic oxidation sites excluding steroid dienone is 3. The molecule has 2 bridgehead atoms. The van der Waals surface area contributed by atoms with E-state index in [1.807, 2.05) is 6.92 Å². The quantitative estimate of drug-likeness (QED) is 0.115. The molecule has 2 aliphatic heterocycles. The number of carbonyl (C=O) groups is 1. The highest BCUT2D eigenvalue weighted by Crippen LogP contribution is 2.52. The minimum Gasteiger partial charge on any atom is -0.543 e. The molecule has 1 aromatic rings. The number of hydrogen-bond acceptors (Lipinski definition) is 5. The van der Waals surface area contributed by atoms with Gasteiger partial charge in [-0.05, 0) is 112 Å². The van der Waals surface area contributed by atoms with Crippen LogP contribution in [0, 0.1) is 36.5 Å². The van der Waals surface area contributed by atoms with Crippen LogP contribution in [0.15, 0.2) is 29.9 Å². The van der Waals surface area contributed by atoms with Crippen molar-refractivity contribution in [1.29, 1.82) is 0 Å². The molecule has 1 saturated heterocycles. The fourth-order valence-electron chi connectivity index (χ4n) is 8.47. The Morgan fingerprint density at radius 3 is 2.14 bits per heavy atom. The predicted octanol–water partition coefficient (Wildman–Crippen LogP) is 12.9. The zero-order valence-electron chi connectivity index (χ0n) is 35.7. The van der Waals surface area contributed by atoms with Crippen LogP contribution in [-0.4, -0.2) is 34.8 Å². The van der Waals surface area contributed by atoms with E-state index in [-0.39, 0.29) is 41.2 Å². The van der Waals surface area contributed by atoms with Gasteiger partial charge in [-0.3, -0.25) is 4.79 Å². The van der Waals surface area contributed by atoms with Crippen LogP contribution in [0.2, 0.25) is 36.3 Å². The van der Waals surface area contributed by atoms with Crippen LogP contribution in [0.5, 0.6) is 11.5 Å². The predicted molar refractivity (Wildman–Crippen MR) is 221 cm³/mol. The van der Waals surface area contributed by atoms with Crippen molar-refractivity contribution in [3.05, 3.63) is 46.6 Å². The third-order valence-electron chi connectivity index (χ3n) is 13.0. The summed E-state index contributed by atoms with van der Waals surface area (Å²) in [5, 5.41) is -0.00694. The van der Waals surface area contributed by atoms with Crippen molar-refractivity contribution in [2.75, 3.05) is 0 Å². The molecule has 0 aliphatic carbocycles. The molecule has 0 N–H and O–H groups in total. The zero-order valence-corrected chi connectivity index (χ0v) is 37.7. The summed E-state index contributed by atoms with van der Waals surface area (Å²) in [4.78, 5) is 12.8. The van der Waals surface area contributed by atoms with Crippen molar-refractivity contribution >= 4 is 22.6 Å². The van der Waals surface area contributed by atoms with Crippen LogP contribution in [-0.2, 0) is 20.4 Å². The largest absolute Gasteiger partial charge is 0.543 e. The van der Waals surface area contributed by atoms with Gasteiger partial charge < -0.3 is 18.3 Å². The van der Waals surface area contributed by atoms with Gasteiger partial charge in [-0.1, -0.05) is 100.0 Å². The van der Waals surface area contributed by atoms with Gasteiger partial charge in [0.1, 0.15) is 11.5 Å². The molecular weight excluding hydrogens is 665 g/mol. The average Bonchev–Trinajstić information content (AvgIpc) is 3.02. The molecule has 8 atom stereocenters. The van der Waals surface area contributed by atoms with E-state index in [9.17, 15) is 4.79 Å². The molecule has 0 amide bonds. The number of rotatable bonds is 8. The molecule has 3 rings (SSSR count). The van der Waals surface area contributed by atoms with Crippen LogP contribution in [0.4, 0.5) is 0 Å². The summed E-state index contributed by atoms with van der Waals surface area (Å²) in [6, 6.07) is 5.45. The molecule has 0 saturated carbocycles. The average molecular weight is 741 g/mol. The Balaban J connectivity index is 2.42. The summed E-state index contributed by atoms with van der Waals surface area (Å²) in [7, 11) is -4.26. The molecule has 2 aliphatic rings. The molecule has 0 spiro atoms. The Morgan fingerprint density at radius 2 is 1.59 bits per heavy atom. The lowest BCUT2D eigenvalue weighted by molar-refractivity contribution is -0.164. The Hall–Kier alpha value is -1.68. The first-order valence-corrected chi connectivity index (χ1v) is 25.8. The maximum atomic E-state index is 12.8. The van der Waals surface area contributed by atoms with E-state index in [0.717, 1.165) is 71.8 Å². The van der Waals surface area contributed by atoms with Gasteiger partial charge in [0, 0.05) is 29.9 Å². The van der Waals surface area contributed by atoms with Gasteiger partial charge in [-0.15, -0.1) is 0 Å². The lowest BCUT2D eigenvalue weighted by Gasteiger charge is -2.49. The molecule has 0 unspecified atom stereocenters. The Labute approximate surface area is 316 Å². The second-order valence-electron chi connectivity index (χ2n) is 18.4. The van der Waals surface area contributed by atoms with Crippen LogP contribution < -0.4 is 9.16 Å². The van der Waals surface area contributed by atoms with E-state index in [1.54, 1.807) is 0 Å². The first kappa shape index (κ1) is 43.7. The van der Waals surface area contributed by atoms with E-state index in [4.69, 9.17) is 24.9 Å². The fourth-order valence-corrected chi connectivity index (χ4v) is 12.5. The minimum atomic E-state index is -2.30. The van der Waals surface area contributed by atoms with E-state index in [1.165, 1.54) is 12.5 Å². The summed E-state index contributed by atoms with van der Waals surface area (Å²) in [6.07, 6.45) is 7.04. The minimum absolute atomic E-state index is 0.00694. The molecule has 0 aromatic heterocycles. The molecule has 290 valence electrons. The zero-order chi connectivity index (χ0) is 38.6. The van der Waals surface area contributed by atoms with E-state index in [2.05, 4.69) is 108 Å². The van der Waals surface area contributed by atoms with Gasteiger partial charge in [0.15, 0.2) is 8.32 Å². The van der Waals surface area contributed by atoms with Crippen molar-refractivity contribution in [2.24, 2.45) is 29.6 Å². The Bertz CT molecular complexity index is 1380. The van der Waals surface area contributed by atoms with Crippen molar-refractivity contribution in [3.63, 3.8) is 0 Å². The SMILES string of the molecule is C=C1Cc2c(OC(C)=O)c(C)cc(O[Si](C)(C)C(C)(C)C)c2[C@@H]2O[C@H](CC[C@H](C)/C=C(\C)C[C@@H](C)C[C@@H]1C)[C@H](C)[C@H](O[Si](CC)(CC)CC)[C@H]2C. The molecule has 2 heterocycles. The summed E-state index contributed by atoms with van der Waals surface area (Å²) >= 11 is 0. The lowest BCUT2D eigenvalue weighted by Crippen LogP contribution is -2.52. The number of carbonyl (C=O) groups excluding carboxylic acids is 1. The first-order valence-electron chi connectivity index (χ1n) is 20.3. The highest BCUT2D eigenvalue weighted by molar-refractivity contribution is 6.74. The topological polar surface area (TPSA) is 54.0 Å². The number of ether oxygens (including phenoxy) is 2. The fraction of sp³-hybridized carbons (Fsp3) is 0.750. The molecule has 51 heavy (non-hydrogen) atoms. The number of fused-ring (bicyclic) bond motifs is 4. The molecule has 1 fully saturated rings. The van der Waals surface area contributed by atoms with Gasteiger partial charge in [-0.2, -0.15) is 0 Å².